The molecule has 0 fully saturated rings. The third-order valence-corrected chi connectivity index (χ3v) is 3.95. The molecule has 100 valence electrons. The van der Waals surface area contributed by atoms with Gasteiger partial charge in [-0.3, -0.25) is 4.79 Å². The van der Waals surface area contributed by atoms with E-state index in [2.05, 4.69) is 0 Å². The number of thioether (sulfide) groups is 1. The first kappa shape index (κ1) is 15.8. The summed E-state index contributed by atoms with van der Waals surface area (Å²) in [5.41, 5.74) is 0.504. The van der Waals surface area contributed by atoms with Crippen molar-refractivity contribution in [3.8, 4) is 0 Å². The first-order valence-corrected chi connectivity index (χ1v) is 7.10. The molecule has 0 bridgehead atoms. The van der Waals surface area contributed by atoms with Crippen LogP contribution in [0.2, 0.25) is 10.0 Å². The van der Waals surface area contributed by atoms with E-state index in [1.807, 2.05) is 0 Å². The Balaban J connectivity index is 2.59. The molecule has 0 amide bonds. The summed E-state index contributed by atoms with van der Waals surface area (Å²) in [7, 11) is 0. The van der Waals surface area contributed by atoms with E-state index < -0.39 is 12.2 Å². The van der Waals surface area contributed by atoms with E-state index in [4.69, 9.17) is 23.2 Å². The molecular formula is C12H14Cl2O3S. The van der Waals surface area contributed by atoms with Gasteiger partial charge in [-0.15, -0.1) is 0 Å². The van der Waals surface area contributed by atoms with Gasteiger partial charge in [0.1, 0.15) is 6.10 Å². The monoisotopic (exact) mass is 308 g/mol. The Labute approximate surface area is 120 Å². The molecule has 18 heavy (non-hydrogen) atoms. The molecule has 1 rings (SSSR count). The van der Waals surface area contributed by atoms with Crippen molar-refractivity contribution >= 4 is 40.1 Å². The lowest BCUT2D eigenvalue weighted by atomic mass is 10.0. The van der Waals surface area contributed by atoms with Crippen LogP contribution < -0.4 is 0 Å². The molecule has 2 atom stereocenters. The largest absolute Gasteiger partial charge is 0.390 e. The number of hydrogen-bond donors (Lipinski definition) is 2. The van der Waals surface area contributed by atoms with Crippen LogP contribution in [-0.4, -0.2) is 27.2 Å². The van der Waals surface area contributed by atoms with Gasteiger partial charge in [0, 0.05) is 12.7 Å². The summed E-state index contributed by atoms with van der Waals surface area (Å²) in [5.74, 6) is 0.467. The second kappa shape index (κ2) is 7.36. The summed E-state index contributed by atoms with van der Waals surface area (Å²) in [6, 6.07) is 4.70. The van der Waals surface area contributed by atoms with E-state index >= 15 is 0 Å². The zero-order valence-corrected chi connectivity index (χ0v) is 12.1. The molecule has 0 saturated heterocycles. The summed E-state index contributed by atoms with van der Waals surface area (Å²) in [5, 5.41) is 20.4. The Kier molecular flexibility index (Phi) is 6.46. The highest BCUT2D eigenvalue weighted by Crippen LogP contribution is 2.28. The lowest BCUT2D eigenvalue weighted by Gasteiger charge is -2.18. The van der Waals surface area contributed by atoms with E-state index in [0.717, 1.165) is 11.8 Å². The molecule has 1 aromatic carbocycles. The molecule has 2 unspecified atom stereocenters. The Morgan fingerprint density at radius 1 is 1.33 bits per heavy atom. The third kappa shape index (κ3) is 4.78. The SMILES string of the molecule is CC(=O)SCCC(O)C(O)c1ccc(Cl)c(Cl)c1. The van der Waals surface area contributed by atoms with Gasteiger partial charge in [-0.25, -0.2) is 0 Å². The number of aliphatic hydroxyl groups excluding tert-OH is 2. The summed E-state index contributed by atoms with van der Waals surface area (Å²) in [6.07, 6.45) is -1.65. The maximum Gasteiger partial charge on any atom is 0.185 e. The second-order valence-corrected chi connectivity index (χ2v) is 5.90. The molecule has 0 spiro atoms. The van der Waals surface area contributed by atoms with Crippen LogP contribution >= 0.6 is 35.0 Å². The molecule has 3 nitrogen and oxygen atoms in total. The first-order valence-electron chi connectivity index (χ1n) is 5.36. The van der Waals surface area contributed by atoms with Crippen molar-refractivity contribution in [2.24, 2.45) is 0 Å². The van der Waals surface area contributed by atoms with E-state index in [1.165, 1.54) is 13.0 Å². The molecule has 0 aliphatic heterocycles. The normalized spacial score (nSPS) is 14.3. The van der Waals surface area contributed by atoms with Gasteiger partial charge in [0.05, 0.1) is 16.1 Å². The summed E-state index contributed by atoms with van der Waals surface area (Å²) in [6.45, 7) is 1.46. The van der Waals surface area contributed by atoms with Gasteiger partial charge in [0.2, 0.25) is 0 Å². The highest BCUT2D eigenvalue weighted by molar-refractivity contribution is 8.13. The second-order valence-electron chi connectivity index (χ2n) is 3.81. The fraction of sp³-hybridized carbons (Fsp3) is 0.417. The number of rotatable bonds is 5. The van der Waals surface area contributed by atoms with E-state index in [1.54, 1.807) is 12.1 Å². The minimum atomic E-state index is -1.03. The Morgan fingerprint density at radius 2 is 2.00 bits per heavy atom. The Bertz CT molecular complexity index is 426. The highest BCUT2D eigenvalue weighted by atomic mass is 35.5. The minimum Gasteiger partial charge on any atom is -0.390 e. The van der Waals surface area contributed by atoms with Crippen molar-refractivity contribution in [2.45, 2.75) is 25.6 Å². The van der Waals surface area contributed by atoms with Crippen LogP contribution in [0, 0.1) is 0 Å². The molecule has 0 aromatic heterocycles. The van der Waals surface area contributed by atoms with Gasteiger partial charge >= 0.3 is 0 Å². The van der Waals surface area contributed by atoms with Crippen molar-refractivity contribution < 1.29 is 15.0 Å². The van der Waals surface area contributed by atoms with E-state index in [9.17, 15) is 15.0 Å². The quantitative estimate of drug-likeness (QED) is 0.877. The van der Waals surface area contributed by atoms with Gasteiger partial charge in [-0.05, 0) is 24.1 Å². The van der Waals surface area contributed by atoms with Gasteiger partial charge in [-0.2, -0.15) is 0 Å². The van der Waals surface area contributed by atoms with Crippen molar-refractivity contribution in [3.05, 3.63) is 33.8 Å². The van der Waals surface area contributed by atoms with Gasteiger partial charge in [-0.1, -0.05) is 41.0 Å². The van der Waals surface area contributed by atoms with E-state index in [0.29, 0.717) is 27.8 Å². The molecule has 0 heterocycles. The molecule has 2 N–H and O–H groups in total. The fourth-order valence-corrected chi connectivity index (χ4v) is 2.35. The summed E-state index contributed by atoms with van der Waals surface area (Å²) >= 11 is 12.7. The average molecular weight is 309 g/mol. The Morgan fingerprint density at radius 3 is 2.56 bits per heavy atom. The number of carbonyl (C=O) groups is 1. The summed E-state index contributed by atoms with van der Waals surface area (Å²) < 4.78 is 0. The topological polar surface area (TPSA) is 57.5 Å². The number of carbonyl (C=O) groups excluding carboxylic acids is 1. The van der Waals surface area contributed by atoms with Crippen LogP contribution in [-0.2, 0) is 4.79 Å². The van der Waals surface area contributed by atoms with Crippen LogP contribution in [0.5, 0.6) is 0 Å². The maximum absolute atomic E-state index is 10.7. The number of hydrogen-bond acceptors (Lipinski definition) is 4. The number of benzene rings is 1. The Hall–Kier alpha value is -0.260. The number of halogens is 2. The van der Waals surface area contributed by atoms with E-state index in [-0.39, 0.29) is 5.12 Å². The first-order chi connectivity index (χ1) is 8.41. The molecule has 0 aliphatic carbocycles. The molecular weight excluding hydrogens is 295 g/mol. The van der Waals surface area contributed by atoms with Crippen LogP contribution in [0.4, 0.5) is 0 Å². The number of aliphatic hydroxyl groups is 2. The average Bonchev–Trinajstić information content (AvgIpc) is 2.31. The maximum atomic E-state index is 10.7. The lowest BCUT2D eigenvalue weighted by molar-refractivity contribution is -0.109. The molecule has 0 aliphatic rings. The zero-order chi connectivity index (χ0) is 13.7. The lowest BCUT2D eigenvalue weighted by Crippen LogP contribution is -2.19. The van der Waals surface area contributed by atoms with Crippen LogP contribution in [0.15, 0.2) is 18.2 Å². The predicted molar refractivity (Wildman–Crippen MR) is 75.2 cm³/mol. The predicted octanol–water partition coefficient (Wildman–Crippen LogP) is 3.06. The molecule has 6 heteroatoms. The van der Waals surface area contributed by atoms with Crippen molar-refractivity contribution in [2.75, 3.05) is 5.75 Å². The standard InChI is InChI=1S/C12H14Cl2O3S/c1-7(15)18-5-4-11(16)12(17)8-2-3-9(13)10(14)6-8/h2-3,6,11-12,16-17H,4-5H2,1H3. The van der Waals surface area contributed by atoms with Crippen LogP contribution in [0.25, 0.3) is 0 Å². The smallest absolute Gasteiger partial charge is 0.185 e. The fourth-order valence-electron chi connectivity index (χ4n) is 1.40. The van der Waals surface area contributed by atoms with Gasteiger partial charge in [0.15, 0.2) is 5.12 Å². The van der Waals surface area contributed by atoms with Crippen molar-refractivity contribution in [3.63, 3.8) is 0 Å². The van der Waals surface area contributed by atoms with Crippen molar-refractivity contribution in [1.29, 1.82) is 0 Å². The van der Waals surface area contributed by atoms with Gasteiger partial charge in [0.25, 0.3) is 0 Å². The highest BCUT2D eigenvalue weighted by Gasteiger charge is 2.19. The molecule has 1 aromatic rings. The third-order valence-electron chi connectivity index (χ3n) is 2.37. The van der Waals surface area contributed by atoms with Gasteiger partial charge < -0.3 is 10.2 Å². The van der Waals surface area contributed by atoms with Crippen LogP contribution in [0.3, 0.4) is 0 Å². The van der Waals surface area contributed by atoms with Crippen LogP contribution in [0.1, 0.15) is 25.0 Å². The minimum absolute atomic E-state index is 0.00812. The van der Waals surface area contributed by atoms with Crippen molar-refractivity contribution in [1.82, 2.24) is 0 Å². The summed E-state index contributed by atoms with van der Waals surface area (Å²) in [4.78, 5) is 10.7. The molecule has 0 saturated carbocycles. The molecule has 0 radical (unpaired) electrons. The zero-order valence-electron chi connectivity index (χ0n) is 9.77.